The molecule has 0 saturated carbocycles. The third-order valence-corrected chi connectivity index (χ3v) is 3.75. The summed E-state index contributed by atoms with van der Waals surface area (Å²) in [6.07, 6.45) is 2.52. The van der Waals surface area contributed by atoms with Crippen LogP contribution in [0.2, 0.25) is 0 Å². The van der Waals surface area contributed by atoms with Crippen LogP contribution < -0.4 is 10.2 Å². The van der Waals surface area contributed by atoms with Crippen LogP contribution in [0.25, 0.3) is 0 Å². The summed E-state index contributed by atoms with van der Waals surface area (Å²) in [6, 6.07) is 14.5. The van der Waals surface area contributed by atoms with E-state index in [2.05, 4.69) is 15.5 Å². The van der Waals surface area contributed by atoms with E-state index in [1.807, 2.05) is 0 Å². The Balaban J connectivity index is 1.55. The summed E-state index contributed by atoms with van der Waals surface area (Å²) in [5.74, 6) is 0.158. The zero-order chi connectivity index (χ0) is 21.5. The Morgan fingerprint density at radius 2 is 1.57 bits per heavy atom. The number of carbonyl (C=O) groups excluding carboxylic acids is 1. The molecule has 0 spiro atoms. The molecule has 150 valence electrons. The van der Waals surface area contributed by atoms with Crippen LogP contribution in [-0.2, 0) is 0 Å². The number of nitro groups is 2. The molecule has 11 heteroatoms. The lowest BCUT2D eigenvalue weighted by molar-refractivity contribution is -0.385. The number of hydrogen-bond donors (Lipinski definition) is 1. The molecule has 0 saturated heterocycles. The first-order chi connectivity index (χ1) is 14.4. The van der Waals surface area contributed by atoms with Crippen molar-refractivity contribution >= 4 is 23.5 Å². The number of nitro benzene ring substituents is 1. The second kappa shape index (κ2) is 9.01. The summed E-state index contributed by atoms with van der Waals surface area (Å²) in [5, 5.41) is 25.1. The van der Waals surface area contributed by atoms with E-state index in [4.69, 9.17) is 4.74 Å². The number of carbonyl (C=O) groups is 1. The van der Waals surface area contributed by atoms with E-state index < -0.39 is 15.8 Å². The van der Waals surface area contributed by atoms with Gasteiger partial charge in [-0.25, -0.2) is 10.4 Å². The van der Waals surface area contributed by atoms with Gasteiger partial charge >= 0.3 is 0 Å². The molecule has 1 amide bonds. The smallest absolute Gasteiger partial charge is 0.287 e. The number of aromatic nitrogens is 1. The lowest BCUT2D eigenvalue weighted by Crippen LogP contribution is -2.17. The largest absolute Gasteiger partial charge is 0.439 e. The highest BCUT2D eigenvalue weighted by Gasteiger charge is 2.09. The van der Waals surface area contributed by atoms with Crippen molar-refractivity contribution in [1.29, 1.82) is 0 Å². The summed E-state index contributed by atoms with van der Waals surface area (Å²) in [4.78, 5) is 36.0. The minimum Gasteiger partial charge on any atom is -0.439 e. The molecule has 0 radical (unpaired) electrons. The first kappa shape index (κ1) is 20.1. The first-order valence-electron chi connectivity index (χ1n) is 8.38. The van der Waals surface area contributed by atoms with Gasteiger partial charge in [-0.1, -0.05) is 0 Å². The van der Waals surface area contributed by atoms with Gasteiger partial charge in [0.2, 0.25) is 5.88 Å². The van der Waals surface area contributed by atoms with Gasteiger partial charge < -0.3 is 4.74 Å². The van der Waals surface area contributed by atoms with E-state index in [0.29, 0.717) is 11.3 Å². The third kappa shape index (κ3) is 5.19. The van der Waals surface area contributed by atoms with E-state index in [0.717, 1.165) is 6.20 Å². The van der Waals surface area contributed by atoms with Crippen molar-refractivity contribution in [1.82, 2.24) is 10.4 Å². The molecule has 0 aliphatic heterocycles. The normalized spacial score (nSPS) is 10.5. The average molecular weight is 407 g/mol. The number of non-ortho nitro benzene ring substituents is 1. The maximum absolute atomic E-state index is 12.0. The fourth-order valence-corrected chi connectivity index (χ4v) is 2.25. The molecule has 3 rings (SSSR count). The van der Waals surface area contributed by atoms with E-state index in [9.17, 15) is 25.0 Å². The Bertz CT molecular complexity index is 1100. The van der Waals surface area contributed by atoms with Gasteiger partial charge in [-0.3, -0.25) is 25.0 Å². The van der Waals surface area contributed by atoms with Gasteiger partial charge in [-0.2, -0.15) is 5.10 Å². The number of hydrogen-bond acceptors (Lipinski definition) is 8. The molecule has 0 fully saturated rings. The molecule has 30 heavy (non-hydrogen) atoms. The van der Waals surface area contributed by atoms with Gasteiger partial charge in [0, 0.05) is 29.8 Å². The van der Waals surface area contributed by atoms with E-state index >= 15 is 0 Å². The van der Waals surface area contributed by atoms with Crippen LogP contribution >= 0.6 is 0 Å². The zero-order valence-corrected chi connectivity index (χ0v) is 15.2. The van der Waals surface area contributed by atoms with Crippen LogP contribution in [0.15, 0.2) is 72.0 Å². The molecular weight excluding hydrogens is 394 g/mol. The monoisotopic (exact) mass is 407 g/mol. The maximum atomic E-state index is 12.0. The highest BCUT2D eigenvalue weighted by molar-refractivity contribution is 5.95. The number of hydrazone groups is 1. The predicted molar refractivity (Wildman–Crippen MR) is 106 cm³/mol. The highest BCUT2D eigenvalue weighted by atomic mass is 16.6. The second-order valence-corrected chi connectivity index (χ2v) is 5.79. The lowest BCUT2D eigenvalue weighted by Gasteiger charge is -2.04. The van der Waals surface area contributed by atoms with Gasteiger partial charge in [-0.05, 0) is 42.0 Å². The third-order valence-electron chi connectivity index (χ3n) is 3.75. The van der Waals surface area contributed by atoms with E-state index in [1.54, 1.807) is 24.3 Å². The minimum atomic E-state index is -0.551. The predicted octanol–water partition coefficient (Wildman–Crippen LogP) is 3.45. The van der Waals surface area contributed by atoms with E-state index in [1.165, 1.54) is 42.6 Å². The maximum Gasteiger partial charge on any atom is 0.287 e. The average Bonchev–Trinajstić information content (AvgIpc) is 2.75. The van der Waals surface area contributed by atoms with Gasteiger partial charge in [-0.15, -0.1) is 0 Å². The Hall–Kier alpha value is -4.67. The Morgan fingerprint density at radius 3 is 2.13 bits per heavy atom. The Kier molecular flexibility index (Phi) is 6.03. The minimum absolute atomic E-state index is 0.110. The topological polar surface area (TPSA) is 150 Å². The van der Waals surface area contributed by atoms with Gasteiger partial charge in [0.1, 0.15) is 11.9 Å². The molecule has 11 nitrogen and oxygen atoms in total. The van der Waals surface area contributed by atoms with Crippen molar-refractivity contribution < 1.29 is 19.4 Å². The first-order valence-corrected chi connectivity index (χ1v) is 8.38. The summed E-state index contributed by atoms with van der Waals surface area (Å²) < 4.78 is 5.50. The fraction of sp³-hybridized carbons (Fsp3) is 0. The van der Waals surface area contributed by atoms with Crippen molar-refractivity contribution in [3.8, 4) is 11.6 Å². The molecule has 1 heterocycles. The molecule has 1 aromatic heterocycles. The van der Waals surface area contributed by atoms with Gasteiger partial charge in [0.25, 0.3) is 17.3 Å². The van der Waals surface area contributed by atoms with Crippen LogP contribution in [0, 0.1) is 20.2 Å². The summed E-state index contributed by atoms with van der Waals surface area (Å²) in [6.45, 7) is 0. The Labute approximate surface area is 168 Å². The molecule has 0 atom stereocenters. The molecule has 0 aliphatic rings. The lowest BCUT2D eigenvalue weighted by atomic mass is 10.2. The second-order valence-electron chi connectivity index (χ2n) is 5.79. The summed E-state index contributed by atoms with van der Waals surface area (Å²) in [5.41, 5.74) is 2.99. The van der Waals surface area contributed by atoms with Crippen LogP contribution in [0.1, 0.15) is 15.9 Å². The number of amides is 1. The SMILES string of the molecule is O=C(NN=Cc1ccc(Oc2ccc([N+](=O)[O-])cn2)cc1)c1ccc([N+](=O)[O-])cc1. The van der Waals surface area contributed by atoms with E-state index in [-0.39, 0.29) is 22.8 Å². The number of rotatable bonds is 7. The molecule has 0 aliphatic carbocycles. The van der Waals surface area contributed by atoms with Crippen molar-refractivity contribution in [2.24, 2.45) is 5.10 Å². The van der Waals surface area contributed by atoms with Crippen LogP contribution in [0.5, 0.6) is 11.6 Å². The van der Waals surface area contributed by atoms with Crippen molar-refractivity contribution in [2.75, 3.05) is 0 Å². The molecule has 3 aromatic rings. The Morgan fingerprint density at radius 1 is 0.933 bits per heavy atom. The molecule has 1 N–H and O–H groups in total. The van der Waals surface area contributed by atoms with Crippen molar-refractivity contribution in [3.05, 3.63) is 98.2 Å². The standard InChI is InChI=1S/C19H13N5O6/c25-19(14-3-5-15(6-4-14)23(26)27)22-21-11-13-1-8-17(9-2-13)30-18-10-7-16(12-20-18)24(28)29/h1-12H,(H,22,25). The molecule has 0 bridgehead atoms. The quantitative estimate of drug-likeness (QED) is 0.358. The van der Waals surface area contributed by atoms with Gasteiger partial charge in [0.15, 0.2) is 0 Å². The van der Waals surface area contributed by atoms with Crippen molar-refractivity contribution in [2.45, 2.75) is 0 Å². The summed E-state index contributed by atoms with van der Waals surface area (Å²) >= 11 is 0. The number of benzene rings is 2. The van der Waals surface area contributed by atoms with Crippen LogP contribution in [0.3, 0.4) is 0 Å². The van der Waals surface area contributed by atoms with Crippen LogP contribution in [-0.4, -0.2) is 27.0 Å². The number of ether oxygens (including phenoxy) is 1. The number of nitrogens with one attached hydrogen (secondary N) is 1. The highest BCUT2D eigenvalue weighted by Crippen LogP contribution is 2.21. The van der Waals surface area contributed by atoms with Crippen molar-refractivity contribution in [3.63, 3.8) is 0 Å². The molecule has 2 aromatic carbocycles. The fourth-order valence-electron chi connectivity index (χ4n) is 2.25. The zero-order valence-electron chi connectivity index (χ0n) is 15.2. The number of nitrogens with zero attached hydrogens (tertiary/aromatic N) is 4. The number of pyridine rings is 1. The molecular formula is C19H13N5O6. The summed E-state index contributed by atoms with van der Waals surface area (Å²) in [7, 11) is 0. The van der Waals surface area contributed by atoms with Gasteiger partial charge in [0.05, 0.1) is 16.1 Å². The van der Waals surface area contributed by atoms with Crippen LogP contribution in [0.4, 0.5) is 11.4 Å². The molecule has 0 unspecified atom stereocenters.